The molecule has 0 radical (unpaired) electrons. The number of rotatable bonds is 11. The Hall–Kier alpha value is -2.91. The fraction of sp³-hybridized carbons (Fsp3) is 0.500. The molecule has 9 heteroatoms. The van der Waals surface area contributed by atoms with Crippen molar-refractivity contribution in [3.05, 3.63) is 51.6 Å². The lowest BCUT2D eigenvalue weighted by atomic mass is 10.1. The van der Waals surface area contributed by atoms with Crippen molar-refractivity contribution in [2.75, 3.05) is 39.2 Å². The quantitative estimate of drug-likeness (QED) is 0.249. The highest BCUT2D eigenvalue weighted by atomic mass is 16.5. The number of aliphatic imine (C=N–C) groups is 1. The van der Waals surface area contributed by atoms with Crippen LogP contribution in [0, 0.1) is 11.3 Å². The first-order valence-electron chi connectivity index (χ1n) is 10.5. The predicted molar refractivity (Wildman–Crippen MR) is 122 cm³/mol. The van der Waals surface area contributed by atoms with Gasteiger partial charge in [-0.25, -0.2) is 9.79 Å². The third kappa shape index (κ3) is 6.53. The monoisotopic (exact) mass is 428 g/mol. The van der Waals surface area contributed by atoms with Gasteiger partial charge in [0.15, 0.2) is 0 Å². The van der Waals surface area contributed by atoms with Crippen molar-refractivity contribution in [2.45, 2.75) is 32.9 Å². The molecule has 0 spiro atoms. The van der Waals surface area contributed by atoms with E-state index in [4.69, 9.17) is 14.9 Å². The third-order valence-corrected chi connectivity index (χ3v) is 5.10. The molecule has 0 saturated heterocycles. The molecule has 2 aromatic rings. The van der Waals surface area contributed by atoms with Crippen LogP contribution in [0.5, 0.6) is 0 Å². The molecule has 0 amide bonds. The SMILES string of the molecule is CN=C(Nc1c(C(C)=N)[nH]c(=O)n1Cc1cccc(CNCC2CC2)c1)OCCOC. The van der Waals surface area contributed by atoms with Gasteiger partial charge in [-0.05, 0) is 43.4 Å². The van der Waals surface area contributed by atoms with Crippen molar-refractivity contribution in [1.29, 1.82) is 5.41 Å². The van der Waals surface area contributed by atoms with Gasteiger partial charge < -0.3 is 25.2 Å². The lowest BCUT2D eigenvalue weighted by Crippen LogP contribution is -2.25. The maximum Gasteiger partial charge on any atom is 0.327 e. The Kier molecular flexibility index (Phi) is 8.02. The molecular weight excluding hydrogens is 396 g/mol. The molecule has 0 aliphatic heterocycles. The topological polar surface area (TPSA) is 117 Å². The normalized spacial score (nSPS) is 14.0. The third-order valence-electron chi connectivity index (χ3n) is 5.10. The van der Waals surface area contributed by atoms with E-state index in [-0.39, 0.29) is 17.4 Å². The summed E-state index contributed by atoms with van der Waals surface area (Å²) >= 11 is 0. The van der Waals surface area contributed by atoms with Crippen molar-refractivity contribution in [2.24, 2.45) is 10.9 Å². The first kappa shape index (κ1) is 22.8. The van der Waals surface area contributed by atoms with Crippen LogP contribution in [0.2, 0.25) is 0 Å². The number of H-pyrrole nitrogens is 1. The van der Waals surface area contributed by atoms with Crippen LogP contribution in [-0.2, 0) is 22.6 Å². The molecule has 1 aromatic carbocycles. The predicted octanol–water partition coefficient (Wildman–Crippen LogP) is 2.17. The van der Waals surface area contributed by atoms with Crippen molar-refractivity contribution in [1.82, 2.24) is 14.9 Å². The van der Waals surface area contributed by atoms with E-state index in [1.54, 1.807) is 25.6 Å². The molecule has 1 fully saturated rings. The molecule has 1 heterocycles. The number of nitrogens with zero attached hydrogens (tertiary/aromatic N) is 2. The van der Waals surface area contributed by atoms with E-state index in [2.05, 4.69) is 32.7 Å². The minimum Gasteiger partial charge on any atom is -0.463 e. The molecule has 3 rings (SSSR count). The van der Waals surface area contributed by atoms with E-state index < -0.39 is 0 Å². The van der Waals surface area contributed by atoms with Crippen LogP contribution in [0.3, 0.4) is 0 Å². The molecule has 168 valence electrons. The average molecular weight is 429 g/mol. The Morgan fingerprint density at radius 2 is 2.10 bits per heavy atom. The second kappa shape index (κ2) is 10.9. The molecule has 0 unspecified atom stereocenters. The van der Waals surface area contributed by atoms with Crippen molar-refractivity contribution >= 4 is 17.6 Å². The smallest absolute Gasteiger partial charge is 0.327 e. The summed E-state index contributed by atoms with van der Waals surface area (Å²) in [7, 11) is 3.19. The number of hydrogen-bond donors (Lipinski definition) is 4. The molecule has 4 N–H and O–H groups in total. The molecule has 9 nitrogen and oxygen atoms in total. The van der Waals surface area contributed by atoms with Crippen molar-refractivity contribution < 1.29 is 9.47 Å². The number of amidine groups is 1. The van der Waals surface area contributed by atoms with Crippen molar-refractivity contribution in [3.8, 4) is 0 Å². The van der Waals surface area contributed by atoms with Gasteiger partial charge in [-0.15, -0.1) is 0 Å². The number of aromatic nitrogens is 2. The number of anilines is 1. The summed E-state index contributed by atoms with van der Waals surface area (Å²) < 4.78 is 12.1. The van der Waals surface area contributed by atoms with Gasteiger partial charge in [0.25, 0.3) is 6.02 Å². The summed E-state index contributed by atoms with van der Waals surface area (Å²) in [6, 6.07) is 8.44. The van der Waals surface area contributed by atoms with Gasteiger partial charge in [-0.3, -0.25) is 9.88 Å². The molecule has 1 saturated carbocycles. The molecule has 31 heavy (non-hydrogen) atoms. The molecular formula is C22H32N6O3. The number of hydrogen-bond acceptors (Lipinski definition) is 6. The summed E-state index contributed by atoms with van der Waals surface area (Å²) in [5, 5.41) is 14.6. The Labute approximate surface area is 182 Å². The zero-order chi connectivity index (χ0) is 22.2. The van der Waals surface area contributed by atoms with Gasteiger partial charge in [-0.1, -0.05) is 24.3 Å². The van der Waals surface area contributed by atoms with Gasteiger partial charge in [0, 0.05) is 20.7 Å². The van der Waals surface area contributed by atoms with E-state index >= 15 is 0 Å². The average Bonchev–Trinajstić information content (AvgIpc) is 3.53. The number of imidazole rings is 1. The first-order valence-corrected chi connectivity index (χ1v) is 10.5. The summed E-state index contributed by atoms with van der Waals surface area (Å²) in [4.78, 5) is 19.6. The van der Waals surface area contributed by atoms with Gasteiger partial charge >= 0.3 is 5.69 Å². The van der Waals surface area contributed by atoms with E-state index in [9.17, 15) is 4.79 Å². The zero-order valence-electron chi connectivity index (χ0n) is 18.5. The Bertz CT molecular complexity index is 974. The number of nitrogens with one attached hydrogen (secondary N) is 4. The van der Waals surface area contributed by atoms with Crippen LogP contribution in [0.4, 0.5) is 5.82 Å². The standard InChI is InChI=1S/C22H32N6O3/c1-15(23)19-20(27-21(24-2)31-10-9-30-3)28(22(29)26-19)14-18-6-4-5-17(11-18)13-25-12-16-7-8-16/h4-6,11,16,23,25H,7-10,12-14H2,1-3H3,(H,24,27)(H,26,29). The fourth-order valence-electron chi connectivity index (χ4n) is 3.26. The highest BCUT2D eigenvalue weighted by Gasteiger charge is 2.20. The van der Waals surface area contributed by atoms with E-state index in [1.165, 1.54) is 18.4 Å². The van der Waals surface area contributed by atoms with Crippen LogP contribution in [0.25, 0.3) is 0 Å². The Balaban J connectivity index is 1.78. The summed E-state index contributed by atoms with van der Waals surface area (Å²) in [5.41, 5.74) is 2.53. The molecule has 1 aromatic heterocycles. The van der Waals surface area contributed by atoms with Gasteiger partial charge in [0.05, 0.1) is 18.9 Å². The molecule has 1 aliphatic carbocycles. The summed E-state index contributed by atoms with van der Waals surface area (Å²) in [6.07, 6.45) is 2.65. The molecule has 0 bridgehead atoms. The second-order valence-corrected chi connectivity index (χ2v) is 7.75. The largest absolute Gasteiger partial charge is 0.463 e. The second-order valence-electron chi connectivity index (χ2n) is 7.75. The highest BCUT2D eigenvalue weighted by Crippen LogP contribution is 2.27. The van der Waals surface area contributed by atoms with Gasteiger partial charge in [0.1, 0.15) is 18.1 Å². The maximum absolute atomic E-state index is 12.7. The summed E-state index contributed by atoms with van der Waals surface area (Å²) in [6.45, 7) is 4.58. The Morgan fingerprint density at radius 1 is 1.32 bits per heavy atom. The molecule has 1 aliphatic rings. The van der Waals surface area contributed by atoms with Crippen LogP contribution in [-0.4, -0.2) is 55.2 Å². The maximum atomic E-state index is 12.7. The van der Waals surface area contributed by atoms with Crippen LogP contribution in [0.1, 0.15) is 36.6 Å². The van der Waals surface area contributed by atoms with Crippen LogP contribution in [0.15, 0.2) is 34.1 Å². The summed E-state index contributed by atoms with van der Waals surface area (Å²) in [5.74, 6) is 1.28. The van der Waals surface area contributed by atoms with Gasteiger partial charge in [-0.2, -0.15) is 0 Å². The number of aromatic amines is 1. The van der Waals surface area contributed by atoms with E-state index in [0.717, 1.165) is 24.6 Å². The van der Waals surface area contributed by atoms with E-state index in [0.29, 0.717) is 31.3 Å². The molecule has 0 atom stereocenters. The minimum absolute atomic E-state index is 0.240. The van der Waals surface area contributed by atoms with E-state index in [1.807, 2.05) is 12.1 Å². The Morgan fingerprint density at radius 3 is 2.77 bits per heavy atom. The number of benzene rings is 1. The number of ether oxygens (including phenoxy) is 2. The number of methoxy groups -OCH3 is 1. The minimum atomic E-state index is -0.297. The van der Waals surface area contributed by atoms with Crippen LogP contribution >= 0.6 is 0 Å². The van der Waals surface area contributed by atoms with Crippen molar-refractivity contribution in [3.63, 3.8) is 0 Å². The lowest BCUT2D eigenvalue weighted by Gasteiger charge is -2.14. The first-order chi connectivity index (χ1) is 15.0. The zero-order valence-corrected chi connectivity index (χ0v) is 18.5. The van der Waals surface area contributed by atoms with Crippen LogP contribution < -0.4 is 16.3 Å². The highest BCUT2D eigenvalue weighted by molar-refractivity contribution is 6.02. The fourth-order valence-corrected chi connectivity index (χ4v) is 3.26. The van der Waals surface area contributed by atoms with Gasteiger partial charge in [0.2, 0.25) is 0 Å². The lowest BCUT2D eigenvalue weighted by molar-refractivity contribution is 0.141.